The number of pyridine rings is 1. The molecule has 32 heavy (non-hydrogen) atoms. The summed E-state index contributed by atoms with van der Waals surface area (Å²) < 4.78 is 10.3. The summed E-state index contributed by atoms with van der Waals surface area (Å²) in [5.74, 6) is 0.856. The Morgan fingerprint density at radius 3 is 2.62 bits per heavy atom. The molecular weight excluding hydrogens is 410 g/mol. The van der Waals surface area contributed by atoms with E-state index in [0.29, 0.717) is 33.9 Å². The molecule has 0 saturated heterocycles. The van der Waals surface area contributed by atoms with Crippen LogP contribution in [0.4, 0.5) is 0 Å². The van der Waals surface area contributed by atoms with Crippen LogP contribution in [0.5, 0.6) is 0 Å². The van der Waals surface area contributed by atoms with Gasteiger partial charge in [0.15, 0.2) is 18.2 Å². The van der Waals surface area contributed by atoms with Crippen molar-refractivity contribution in [3.05, 3.63) is 81.8 Å². The fraction of sp³-hybridized carbons (Fsp3) is 0.182. The molecule has 4 aromatic heterocycles. The van der Waals surface area contributed by atoms with Crippen molar-refractivity contribution in [3.8, 4) is 5.82 Å². The quantitative estimate of drug-likeness (QED) is 0.403. The number of carbonyl (C=O) groups excluding carboxylic acids is 1. The predicted molar refractivity (Wildman–Crippen MR) is 116 cm³/mol. The maximum absolute atomic E-state index is 12.6. The largest absolute Gasteiger partial charge is 0.454 e. The van der Waals surface area contributed by atoms with Crippen molar-refractivity contribution in [1.82, 2.24) is 33.9 Å². The van der Waals surface area contributed by atoms with Crippen LogP contribution in [0.25, 0.3) is 22.5 Å². The molecule has 0 unspecified atom stereocenters. The van der Waals surface area contributed by atoms with E-state index in [2.05, 4.69) is 20.3 Å². The van der Waals surface area contributed by atoms with Gasteiger partial charge in [-0.1, -0.05) is 12.1 Å². The molecule has 160 valence electrons. The normalized spacial score (nSPS) is 11.3. The Bertz CT molecular complexity index is 1540. The average molecular weight is 429 g/mol. The van der Waals surface area contributed by atoms with Crippen LogP contribution in [0.2, 0.25) is 0 Å². The molecule has 0 N–H and O–H groups in total. The van der Waals surface area contributed by atoms with Crippen LogP contribution >= 0.6 is 0 Å². The Labute approximate surface area is 181 Å². The van der Waals surface area contributed by atoms with Gasteiger partial charge in [-0.05, 0) is 44.2 Å². The number of esters is 1. The molecule has 0 saturated carbocycles. The van der Waals surface area contributed by atoms with Crippen molar-refractivity contribution in [3.63, 3.8) is 0 Å². The van der Waals surface area contributed by atoms with Gasteiger partial charge in [0.1, 0.15) is 0 Å². The summed E-state index contributed by atoms with van der Waals surface area (Å²) in [5.41, 5.74) is 2.63. The van der Waals surface area contributed by atoms with Gasteiger partial charge in [0, 0.05) is 18.9 Å². The predicted octanol–water partition coefficient (Wildman–Crippen LogP) is 2.14. The van der Waals surface area contributed by atoms with Crippen LogP contribution in [0.1, 0.15) is 27.6 Å². The molecular formula is C22H19N7O3. The highest BCUT2D eigenvalue weighted by Crippen LogP contribution is 2.15. The van der Waals surface area contributed by atoms with E-state index in [1.165, 1.54) is 10.8 Å². The third-order valence-corrected chi connectivity index (χ3v) is 5.24. The van der Waals surface area contributed by atoms with Crippen LogP contribution < -0.4 is 5.56 Å². The smallest absolute Gasteiger partial charge is 0.340 e. The molecule has 0 spiro atoms. The van der Waals surface area contributed by atoms with Gasteiger partial charge in [0.2, 0.25) is 5.78 Å². The lowest BCUT2D eigenvalue weighted by molar-refractivity contribution is 0.0461. The van der Waals surface area contributed by atoms with Crippen LogP contribution in [0.3, 0.4) is 0 Å². The summed E-state index contributed by atoms with van der Waals surface area (Å²) in [6.07, 6.45) is 1.45. The molecule has 0 aliphatic rings. The number of para-hydroxylation sites is 1. The van der Waals surface area contributed by atoms with Gasteiger partial charge in [-0.15, -0.1) is 10.2 Å². The van der Waals surface area contributed by atoms with Crippen LogP contribution in [0.15, 0.2) is 53.5 Å². The molecule has 0 radical (unpaired) electrons. The minimum atomic E-state index is -0.539. The van der Waals surface area contributed by atoms with Gasteiger partial charge < -0.3 is 4.74 Å². The molecule has 0 fully saturated rings. The first-order valence-electron chi connectivity index (χ1n) is 9.92. The van der Waals surface area contributed by atoms with E-state index in [0.717, 1.165) is 11.4 Å². The fourth-order valence-corrected chi connectivity index (χ4v) is 3.69. The monoisotopic (exact) mass is 429 g/mol. The number of nitrogens with zero attached hydrogens (tertiary/aromatic N) is 7. The Morgan fingerprint density at radius 2 is 1.91 bits per heavy atom. The van der Waals surface area contributed by atoms with Crippen LogP contribution in [-0.2, 0) is 18.4 Å². The number of aromatic nitrogens is 7. The van der Waals surface area contributed by atoms with E-state index >= 15 is 0 Å². The molecule has 1 aromatic carbocycles. The summed E-state index contributed by atoms with van der Waals surface area (Å²) in [4.78, 5) is 29.5. The standard InChI is InChI=1S/C22H19N7O3/c1-13-10-14(2)29(26-13)18-9-8-15(11-23-18)21(31)32-12-19-24-25-22-27(3)20(30)16-6-4-5-7-17(16)28(19)22/h4-11H,12H2,1-3H3. The Hall–Kier alpha value is -4.34. The van der Waals surface area contributed by atoms with Gasteiger partial charge in [0.25, 0.3) is 5.56 Å². The zero-order valence-corrected chi connectivity index (χ0v) is 17.7. The first-order chi connectivity index (χ1) is 15.4. The lowest BCUT2D eigenvalue weighted by Crippen LogP contribution is -2.20. The number of hydrogen-bond donors (Lipinski definition) is 0. The van der Waals surface area contributed by atoms with Gasteiger partial charge in [-0.3, -0.25) is 13.8 Å². The molecule has 5 rings (SSSR count). The molecule has 4 heterocycles. The van der Waals surface area contributed by atoms with Gasteiger partial charge in [-0.2, -0.15) is 5.10 Å². The first kappa shape index (κ1) is 19.6. The van der Waals surface area contributed by atoms with E-state index in [9.17, 15) is 9.59 Å². The number of fused-ring (bicyclic) bond motifs is 3. The number of ether oxygens (including phenoxy) is 1. The minimum absolute atomic E-state index is 0.110. The Morgan fingerprint density at radius 1 is 1.09 bits per heavy atom. The van der Waals surface area contributed by atoms with Crippen molar-refractivity contribution >= 4 is 22.6 Å². The second-order valence-corrected chi connectivity index (χ2v) is 7.45. The summed E-state index contributed by atoms with van der Waals surface area (Å²) >= 11 is 0. The first-order valence-corrected chi connectivity index (χ1v) is 9.92. The Kier molecular flexibility index (Phi) is 4.54. The van der Waals surface area contributed by atoms with Crippen molar-refractivity contribution in [1.29, 1.82) is 0 Å². The van der Waals surface area contributed by atoms with Crippen molar-refractivity contribution < 1.29 is 9.53 Å². The van der Waals surface area contributed by atoms with Crippen molar-refractivity contribution in [2.75, 3.05) is 0 Å². The third kappa shape index (κ3) is 3.13. The van der Waals surface area contributed by atoms with E-state index < -0.39 is 5.97 Å². The molecule has 0 amide bonds. The minimum Gasteiger partial charge on any atom is -0.454 e. The molecule has 0 bridgehead atoms. The molecule has 10 heteroatoms. The molecule has 0 aliphatic heterocycles. The topological polar surface area (TPSA) is 109 Å². The zero-order chi connectivity index (χ0) is 22.4. The molecule has 0 aliphatic carbocycles. The molecule has 10 nitrogen and oxygen atoms in total. The highest BCUT2D eigenvalue weighted by molar-refractivity contribution is 5.89. The third-order valence-electron chi connectivity index (χ3n) is 5.24. The van der Waals surface area contributed by atoms with Gasteiger partial charge in [-0.25, -0.2) is 14.5 Å². The van der Waals surface area contributed by atoms with E-state index in [1.807, 2.05) is 26.0 Å². The summed E-state index contributed by atoms with van der Waals surface area (Å²) in [6, 6.07) is 12.5. The summed E-state index contributed by atoms with van der Waals surface area (Å²) in [7, 11) is 1.63. The Balaban J connectivity index is 1.41. The number of hydrogen-bond acceptors (Lipinski definition) is 7. The number of aryl methyl sites for hydroxylation is 3. The lowest BCUT2D eigenvalue weighted by Gasteiger charge is -2.08. The fourth-order valence-electron chi connectivity index (χ4n) is 3.69. The zero-order valence-electron chi connectivity index (χ0n) is 17.7. The van der Waals surface area contributed by atoms with Crippen molar-refractivity contribution in [2.45, 2.75) is 20.5 Å². The van der Waals surface area contributed by atoms with E-state index in [-0.39, 0.29) is 12.2 Å². The van der Waals surface area contributed by atoms with Gasteiger partial charge in [0.05, 0.1) is 22.2 Å². The van der Waals surface area contributed by atoms with Crippen LogP contribution in [-0.4, -0.2) is 39.9 Å². The highest BCUT2D eigenvalue weighted by atomic mass is 16.5. The lowest BCUT2D eigenvalue weighted by atomic mass is 10.2. The average Bonchev–Trinajstić information content (AvgIpc) is 3.38. The van der Waals surface area contributed by atoms with Crippen LogP contribution in [0, 0.1) is 13.8 Å². The maximum Gasteiger partial charge on any atom is 0.340 e. The summed E-state index contributed by atoms with van der Waals surface area (Å²) in [5, 5.41) is 13.1. The number of carbonyl (C=O) groups is 1. The van der Waals surface area contributed by atoms with E-state index in [1.54, 1.807) is 46.5 Å². The van der Waals surface area contributed by atoms with Gasteiger partial charge >= 0.3 is 5.97 Å². The second-order valence-electron chi connectivity index (χ2n) is 7.45. The maximum atomic E-state index is 12.6. The number of rotatable bonds is 4. The van der Waals surface area contributed by atoms with Crippen molar-refractivity contribution in [2.24, 2.45) is 7.05 Å². The second kappa shape index (κ2) is 7.41. The highest BCUT2D eigenvalue weighted by Gasteiger charge is 2.17. The summed E-state index contributed by atoms with van der Waals surface area (Å²) in [6.45, 7) is 3.73. The molecule has 0 atom stereocenters. The number of benzene rings is 1. The molecule has 5 aromatic rings. The SMILES string of the molecule is Cc1cc(C)n(-c2ccc(C(=O)OCc3nnc4n(C)c(=O)c5ccccc5n34)cn2)n1. The van der Waals surface area contributed by atoms with E-state index in [4.69, 9.17) is 4.74 Å².